The maximum absolute atomic E-state index is 6.40. The average Bonchev–Trinajstić information content (AvgIpc) is 3.67. The lowest BCUT2D eigenvalue weighted by Crippen LogP contribution is -1.95. The van der Waals surface area contributed by atoms with Gasteiger partial charge in [0.25, 0.3) is 0 Å². The number of aromatic nitrogens is 2. The van der Waals surface area contributed by atoms with Gasteiger partial charge < -0.3 is 4.42 Å². The zero-order valence-corrected chi connectivity index (χ0v) is 24.2. The summed E-state index contributed by atoms with van der Waals surface area (Å²) in [7, 11) is 0. The predicted molar refractivity (Wildman–Crippen MR) is 186 cm³/mol. The second-order valence-electron chi connectivity index (χ2n) is 11.3. The minimum Gasteiger partial charge on any atom is -0.452 e. The van der Waals surface area contributed by atoms with Crippen molar-refractivity contribution in [1.29, 1.82) is 0 Å². The van der Waals surface area contributed by atoms with E-state index in [0.717, 1.165) is 38.7 Å². The summed E-state index contributed by atoms with van der Waals surface area (Å²) < 4.78 is 9.03. The molecule has 0 aliphatic carbocycles. The highest BCUT2D eigenvalue weighted by Gasteiger charge is 2.22. The molecule has 0 fully saturated rings. The Morgan fingerprint density at radius 2 is 1.11 bits per heavy atom. The molecule has 0 amide bonds. The summed E-state index contributed by atoms with van der Waals surface area (Å²) >= 11 is 1.88. The fourth-order valence-electron chi connectivity index (χ4n) is 6.95. The van der Waals surface area contributed by atoms with E-state index in [1.807, 2.05) is 47.7 Å². The van der Waals surface area contributed by atoms with Crippen molar-refractivity contribution >= 4 is 85.9 Å². The van der Waals surface area contributed by atoms with Crippen molar-refractivity contribution in [2.45, 2.75) is 0 Å². The van der Waals surface area contributed by atoms with Gasteiger partial charge in [-0.3, -0.25) is 0 Å². The van der Waals surface area contributed by atoms with Gasteiger partial charge in [0, 0.05) is 42.1 Å². The molecule has 0 unspecified atom stereocenters. The van der Waals surface area contributed by atoms with Crippen LogP contribution in [0.25, 0.3) is 97.2 Å². The van der Waals surface area contributed by atoms with Crippen molar-refractivity contribution in [3.8, 4) is 22.6 Å². The Hall–Kier alpha value is -5.58. The standard InChI is InChI=1S/C40H22N2OS/c1-2-12-23(13-3-1)36-38-37(28-18-8-10-20-32(28)43-38)42-40(41-36)31-22-30-24-14-4-6-16-26(24)34-29-19-9-11-21-33(29)44-39(34)35(30)27-17-7-5-15-25(27)31/h1-22H. The normalized spacial score (nSPS) is 12.1. The number of rotatable bonds is 2. The van der Waals surface area contributed by atoms with Gasteiger partial charge in [0.2, 0.25) is 0 Å². The van der Waals surface area contributed by atoms with Gasteiger partial charge in [0.05, 0.1) is 0 Å². The fourth-order valence-corrected chi connectivity index (χ4v) is 8.24. The first kappa shape index (κ1) is 23.9. The van der Waals surface area contributed by atoms with E-state index in [1.165, 1.54) is 47.1 Å². The van der Waals surface area contributed by atoms with Crippen LogP contribution >= 0.6 is 11.3 Å². The number of thiophene rings is 1. The van der Waals surface area contributed by atoms with Crippen LogP contribution in [0.4, 0.5) is 0 Å². The monoisotopic (exact) mass is 578 g/mol. The van der Waals surface area contributed by atoms with E-state index in [4.69, 9.17) is 14.4 Å². The molecule has 0 bridgehead atoms. The largest absolute Gasteiger partial charge is 0.452 e. The molecule has 0 atom stereocenters. The highest BCUT2D eigenvalue weighted by atomic mass is 32.1. The molecule has 0 saturated heterocycles. The molecule has 4 heteroatoms. The van der Waals surface area contributed by atoms with Crippen LogP contribution in [0.3, 0.4) is 0 Å². The van der Waals surface area contributed by atoms with Crippen LogP contribution in [-0.4, -0.2) is 9.97 Å². The van der Waals surface area contributed by atoms with Gasteiger partial charge in [-0.05, 0) is 51.2 Å². The first-order valence-corrected chi connectivity index (χ1v) is 15.6. The average molecular weight is 579 g/mol. The topological polar surface area (TPSA) is 38.9 Å². The van der Waals surface area contributed by atoms with E-state index < -0.39 is 0 Å². The van der Waals surface area contributed by atoms with Crippen LogP contribution < -0.4 is 0 Å². The SMILES string of the molecule is c1ccc(-c2nc(-c3cc4c5ccccc5c5c6ccccc6sc5c4c4ccccc34)nc3c2oc2ccccc23)cc1. The third-order valence-corrected chi connectivity index (χ3v) is 10.0. The molecule has 0 aliphatic rings. The van der Waals surface area contributed by atoms with Gasteiger partial charge in [0.15, 0.2) is 11.4 Å². The first-order valence-electron chi connectivity index (χ1n) is 14.8. The number of benzene rings is 7. The Labute approximate surface area is 255 Å². The molecule has 10 rings (SSSR count). The highest BCUT2D eigenvalue weighted by Crippen LogP contribution is 2.48. The first-order chi connectivity index (χ1) is 21.8. The second kappa shape index (κ2) is 8.96. The highest BCUT2D eigenvalue weighted by molar-refractivity contribution is 7.27. The Balaban J connectivity index is 1.40. The molecule has 0 N–H and O–H groups in total. The molecule has 3 aromatic heterocycles. The van der Waals surface area contributed by atoms with E-state index in [1.54, 1.807) is 0 Å². The van der Waals surface area contributed by atoms with E-state index in [9.17, 15) is 0 Å². The third kappa shape index (κ3) is 3.26. The van der Waals surface area contributed by atoms with Gasteiger partial charge in [0.1, 0.15) is 16.8 Å². The quantitative estimate of drug-likeness (QED) is 0.192. The maximum Gasteiger partial charge on any atom is 0.180 e. The number of nitrogens with zero attached hydrogens (tertiary/aromatic N) is 2. The summed E-state index contributed by atoms with van der Waals surface area (Å²) in [4.78, 5) is 10.5. The summed E-state index contributed by atoms with van der Waals surface area (Å²) in [5, 5.41) is 11.0. The number of hydrogen-bond acceptors (Lipinski definition) is 4. The van der Waals surface area contributed by atoms with Crippen molar-refractivity contribution in [3.63, 3.8) is 0 Å². The van der Waals surface area contributed by atoms with E-state index >= 15 is 0 Å². The van der Waals surface area contributed by atoms with Gasteiger partial charge in [-0.2, -0.15) is 0 Å². The molecule has 10 aromatic rings. The van der Waals surface area contributed by atoms with Crippen LogP contribution in [0.1, 0.15) is 0 Å². The Bertz CT molecular complexity index is 2770. The summed E-state index contributed by atoms with van der Waals surface area (Å²) in [6.07, 6.45) is 0. The summed E-state index contributed by atoms with van der Waals surface area (Å²) in [5.74, 6) is 0.696. The van der Waals surface area contributed by atoms with Crippen molar-refractivity contribution in [3.05, 3.63) is 133 Å². The Morgan fingerprint density at radius 1 is 0.500 bits per heavy atom. The predicted octanol–water partition coefficient (Wildman–Crippen LogP) is 11.5. The van der Waals surface area contributed by atoms with Gasteiger partial charge >= 0.3 is 0 Å². The molecule has 3 nitrogen and oxygen atoms in total. The third-order valence-electron chi connectivity index (χ3n) is 8.86. The molecular formula is C40H22N2OS. The fraction of sp³-hybridized carbons (Fsp3) is 0. The zero-order valence-electron chi connectivity index (χ0n) is 23.4. The summed E-state index contributed by atoms with van der Waals surface area (Å²) in [6, 6.07) is 47.0. The van der Waals surface area contributed by atoms with Crippen LogP contribution in [0.5, 0.6) is 0 Å². The van der Waals surface area contributed by atoms with Gasteiger partial charge in [-0.15, -0.1) is 11.3 Å². The number of furan rings is 1. The molecule has 0 spiro atoms. The van der Waals surface area contributed by atoms with E-state index in [0.29, 0.717) is 11.4 Å². The Kier molecular flexibility index (Phi) is 4.87. The summed E-state index contributed by atoms with van der Waals surface area (Å²) in [5.41, 5.74) is 5.18. The number of fused-ring (bicyclic) bond motifs is 13. The van der Waals surface area contributed by atoms with Crippen LogP contribution in [0.15, 0.2) is 138 Å². The molecular weight excluding hydrogens is 557 g/mol. The van der Waals surface area contributed by atoms with Crippen LogP contribution in [-0.2, 0) is 0 Å². The van der Waals surface area contributed by atoms with Crippen molar-refractivity contribution in [2.75, 3.05) is 0 Å². The number of hydrogen-bond donors (Lipinski definition) is 0. The molecule has 0 saturated carbocycles. The smallest absolute Gasteiger partial charge is 0.180 e. The van der Waals surface area contributed by atoms with Crippen LogP contribution in [0.2, 0.25) is 0 Å². The van der Waals surface area contributed by atoms with Crippen molar-refractivity contribution < 1.29 is 4.42 Å². The molecule has 0 radical (unpaired) electrons. The van der Waals surface area contributed by atoms with Crippen LogP contribution in [0, 0.1) is 0 Å². The molecule has 44 heavy (non-hydrogen) atoms. The minimum atomic E-state index is 0.696. The Morgan fingerprint density at radius 3 is 1.93 bits per heavy atom. The minimum absolute atomic E-state index is 0.696. The van der Waals surface area contributed by atoms with Crippen molar-refractivity contribution in [2.24, 2.45) is 0 Å². The van der Waals surface area contributed by atoms with Crippen molar-refractivity contribution in [1.82, 2.24) is 9.97 Å². The van der Waals surface area contributed by atoms with Gasteiger partial charge in [-0.25, -0.2) is 9.97 Å². The number of para-hydroxylation sites is 1. The second-order valence-corrected chi connectivity index (χ2v) is 12.3. The van der Waals surface area contributed by atoms with E-state index in [-0.39, 0.29) is 0 Å². The molecule has 7 aromatic carbocycles. The van der Waals surface area contributed by atoms with Gasteiger partial charge in [-0.1, -0.05) is 109 Å². The lowest BCUT2D eigenvalue weighted by Gasteiger charge is -2.14. The lowest BCUT2D eigenvalue weighted by atomic mass is 9.91. The zero-order chi connectivity index (χ0) is 28.8. The maximum atomic E-state index is 6.40. The molecule has 3 heterocycles. The lowest BCUT2D eigenvalue weighted by molar-refractivity contribution is 0.667. The molecule has 204 valence electrons. The summed E-state index contributed by atoms with van der Waals surface area (Å²) in [6.45, 7) is 0. The van der Waals surface area contributed by atoms with E-state index in [2.05, 4.69) is 97.1 Å². The molecule has 0 aliphatic heterocycles.